The van der Waals surface area contributed by atoms with Gasteiger partial charge in [-0.05, 0) is 18.4 Å². The Bertz CT molecular complexity index is 587. The molecule has 0 heterocycles. The van der Waals surface area contributed by atoms with Gasteiger partial charge >= 0.3 is 5.97 Å². The largest absolute Gasteiger partial charge is 0.480 e. The van der Waals surface area contributed by atoms with Gasteiger partial charge in [0, 0.05) is 40.4 Å². The van der Waals surface area contributed by atoms with Crippen molar-refractivity contribution < 1.29 is 18.9 Å². The molecule has 146 valence electrons. The number of rotatable bonds is 13. The summed E-state index contributed by atoms with van der Waals surface area (Å²) in [5.41, 5.74) is 7.03. The van der Waals surface area contributed by atoms with E-state index < -0.39 is 16.8 Å². The van der Waals surface area contributed by atoms with Crippen LogP contribution in [0.3, 0.4) is 0 Å². The fraction of sp³-hybridized carbons (Fsp3) is 0.529. The lowest BCUT2D eigenvalue weighted by Crippen LogP contribution is -2.36. The highest BCUT2D eigenvalue weighted by Crippen LogP contribution is 2.26. The fourth-order valence-corrected chi connectivity index (χ4v) is 5.30. The molecule has 0 spiro atoms. The molecule has 0 aliphatic heterocycles. The van der Waals surface area contributed by atoms with Crippen LogP contribution in [0, 0.1) is 5.92 Å². The molecular formula is C17H26N2O4S3. The Balaban J connectivity index is 2.47. The lowest BCUT2D eigenvalue weighted by Gasteiger charge is -2.16. The van der Waals surface area contributed by atoms with Crippen LogP contribution in [0.4, 0.5) is 0 Å². The van der Waals surface area contributed by atoms with E-state index in [1.165, 1.54) is 0 Å². The Labute approximate surface area is 164 Å². The second-order valence-electron chi connectivity index (χ2n) is 5.89. The van der Waals surface area contributed by atoms with Crippen molar-refractivity contribution in [3.63, 3.8) is 0 Å². The quantitative estimate of drug-likeness (QED) is 0.329. The summed E-state index contributed by atoms with van der Waals surface area (Å²) in [6.45, 7) is -0.374. The molecule has 1 aromatic rings. The molecule has 0 fully saturated rings. The van der Waals surface area contributed by atoms with Gasteiger partial charge in [0.05, 0.1) is 5.92 Å². The number of carbonyl (C=O) groups excluding carboxylic acids is 1. The molecule has 0 radical (unpaired) electrons. The van der Waals surface area contributed by atoms with Crippen molar-refractivity contribution in [3.8, 4) is 0 Å². The van der Waals surface area contributed by atoms with Crippen molar-refractivity contribution in [1.29, 1.82) is 0 Å². The highest BCUT2D eigenvalue weighted by Gasteiger charge is 2.20. The van der Waals surface area contributed by atoms with Gasteiger partial charge in [-0.25, -0.2) is 0 Å². The summed E-state index contributed by atoms with van der Waals surface area (Å²) in [6.07, 6.45) is 2.93. The molecule has 4 N–H and O–H groups in total. The van der Waals surface area contributed by atoms with Gasteiger partial charge in [-0.1, -0.05) is 51.9 Å². The first kappa shape index (κ1) is 23.0. The number of carbonyl (C=O) groups is 2. The Kier molecular flexibility index (Phi) is 11.7. The van der Waals surface area contributed by atoms with Gasteiger partial charge < -0.3 is 16.2 Å². The van der Waals surface area contributed by atoms with Gasteiger partial charge in [0.25, 0.3) is 0 Å². The first-order valence-electron chi connectivity index (χ1n) is 8.22. The summed E-state index contributed by atoms with van der Waals surface area (Å²) in [5, 5.41) is 11.2. The molecule has 1 unspecified atom stereocenters. The monoisotopic (exact) mass is 418 g/mol. The van der Waals surface area contributed by atoms with Gasteiger partial charge in [0.15, 0.2) is 0 Å². The third kappa shape index (κ3) is 10.8. The number of nitrogens with two attached hydrogens (primary N) is 1. The lowest BCUT2D eigenvalue weighted by atomic mass is 10.0. The van der Waals surface area contributed by atoms with Crippen LogP contribution in [0.2, 0.25) is 0 Å². The summed E-state index contributed by atoms with van der Waals surface area (Å²) in [6, 6.07) is 9.63. The highest BCUT2D eigenvalue weighted by atomic mass is 33.1. The van der Waals surface area contributed by atoms with Crippen LogP contribution in [0.1, 0.15) is 12.0 Å². The first-order valence-corrected chi connectivity index (χ1v) is 12.4. The molecule has 1 rings (SSSR count). The highest BCUT2D eigenvalue weighted by molar-refractivity contribution is 8.76. The third-order valence-corrected chi connectivity index (χ3v) is 6.92. The van der Waals surface area contributed by atoms with Crippen molar-refractivity contribution in [1.82, 2.24) is 5.32 Å². The Morgan fingerprint density at radius 3 is 2.50 bits per heavy atom. The number of aliphatic carboxylic acids is 1. The molecule has 0 bridgehead atoms. The summed E-state index contributed by atoms with van der Waals surface area (Å²) in [5.74, 6) is 0.260. The maximum Gasteiger partial charge on any atom is 0.322 e. The SMILES string of the molecule is CS(=O)CC[C@H](N)CSSC[C@@H](Cc1ccccc1)C(=O)NCC(=O)O. The van der Waals surface area contributed by atoms with E-state index in [2.05, 4.69) is 5.32 Å². The summed E-state index contributed by atoms with van der Waals surface area (Å²) in [4.78, 5) is 23.0. The maximum absolute atomic E-state index is 12.3. The maximum atomic E-state index is 12.3. The topological polar surface area (TPSA) is 109 Å². The van der Waals surface area contributed by atoms with E-state index in [0.29, 0.717) is 24.3 Å². The number of carboxylic acids is 1. The lowest BCUT2D eigenvalue weighted by molar-refractivity contribution is -0.138. The van der Waals surface area contributed by atoms with Crippen molar-refractivity contribution in [2.45, 2.75) is 18.9 Å². The molecule has 0 aliphatic carbocycles. The van der Waals surface area contributed by atoms with E-state index >= 15 is 0 Å². The van der Waals surface area contributed by atoms with Gasteiger partial charge in [0.1, 0.15) is 6.54 Å². The molecule has 6 nitrogen and oxygen atoms in total. The molecule has 9 heteroatoms. The molecule has 1 aromatic carbocycles. The minimum absolute atomic E-state index is 0.0233. The third-order valence-electron chi connectivity index (χ3n) is 3.52. The van der Waals surface area contributed by atoms with Crippen molar-refractivity contribution in [2.75, 3.05) is 30.1 Å². The van der Waals surface area contributed by atoms with E-state index in [4.69, 9.17) is 10.8 Å². The summed E-state index contributed by atoms with van der Waals surface area (Å²) in [7, 11) is 2.32. The second kappa shape index (κ2) is 13.2. The Morgan fingerprint density at radius 2 is 1.88 bits per heavy atom. The van der Waals surface area contributed by atoms with Gasteiger partial charge in [0.2, 0.25) is 5.91 Å². The standard InChI is InChI=1S/C17H26N2O4S3/c1-26(23)8-7-15(18)12-25-24-11-14(17(22)19-10-16(20)21)9-13-5-3-2-4-6-13/h2-6,14-15H,7-12,18H2,1H3,(H,19,22)(H,20,21)/t14-,15+,26?/m1/s1. The van der Waals surface area contributed by atoms with E-state index in [-0.39, 0.29) is 24.4 Å². The Hall–Kier alpha value is -1.03. The van der Waals surface area contributed by atoms with Gasteiger partial charge in [-0.2, -0.15) is 0 Å². The number of hydrogen-bond acceptors (Lipinski definition) is 6. The number of hydrogen-bond donors (Lipinski definition) is 3. The zero-order chi connectivity index (χ0) is 19.4. The smallest absolute Gasteiger partial charge is 0.322 e. The van der Waals surface area contributed by atoms with Crippen molar-refractivity contribution in [3.05, 3.63) is 35.9 Å². The van der Waals surface area contributed by atoms with Gasteiger partial charge in [-0.3, -0.25) is 13.8 Å². The predicted octanol–water partition coefficient (Wildman–Crippen LogP) is 1.52. The van der Waals surface area contributed by atoms with Crippen LogP contribution in [0.25, 0.3) is 0 Å². The average molecular weight is 419 g/mol. The van der Waals surface area contributed by atoms with Gasteiger partial charge in [-0.15, -0.1) is 0 Å². The molecule has 0 aromatic heterocycles. The van der Waals surface area contributed by atoms with Crippen LogP contribution in [0.15, 0.2) is 30.3 Å². The van der Waals surface area contributed by atoms with Crippen molar-refractivity contribution >= 4 is 44.3 Å². The predicted molar refractivity (Wildman–Crippen MR) is 111 cm³/mol. The molecule has 26 heavy (non-hydrogen) atoms. The van der Waals surface area contributed by atoms with Crippen LogP contribution < -0.4 is 11.1 Å². The van der Waals surface area contributed by atoms with E-state index in [1.54, 1.807) is 27.8 Å². The minimum Gasteiger partial charge on any atom is -0.480 e. The second-order valence-corrected chi connectivity index (χ2v) is 10.0. The minimum atomic E-state index is -1.06. The number of benzene rings is 1. The summed E-state index contributed by atoms with van der Waals surface area (Å²) >= 11 is 0. The molecule has 3 atom stereocenters. The average Bonchev–Trinajstić information content (AvgIpc) is 2.61. The number of carboxylic acid groups (broad SMARTS) is 1. The fourth-order valence-electron chi connectivity index (χ4n) is 2.10. The molecule has 0 saturated carbocycles. The normalized spacial score (nSPS) is 14.4. The molecule has 0 saturated heterocycles. The Morgan fingerprint density at radius 1 is 1.23 bits per heavy atom. The van der Waals surface area contributed by atoms with E-state index in [1.807, 2.05) is 30.3 Å². The van der Waals surface area contributed by atoms with Crippen LogP contribution in [0.5, 0.6) is 0 Å². The zero-order valence-corrected chi connectivity index (χ0v) is 17.2. The van der Waals surface area contributed by atoms with Crippen LogP contribution in [-0.4, -0.2) is 57.3 Å². The molecular weight excluding hydrogens is 392 g/mol. The van der Waals surface area contributed by atoms with Crippen LogP contribution in [-0.2, 0) is 26.8 Å². The molecule has 0 aliphatic rings. The molecule has 1 amide bonds. The van der Waals surface area contributed by atoms with Crippen molar-refractivity contribution in [2.24, 2.45) is 11.7 Å². The van der Waals surface area contributed by atoms with E-state index in [9.17, 15) is 13.8 Å². The van der Waals surface area contributed by atoms with E-state index in [0.717, 1.165) is 11.3 Å². The van der Waals surface area contributed by atoms with Crippen LogP contribution >= 0.6 is 21.6 Å². The zero-order valence-electron chi connectivity index (χ0n) is 14.8. The summed E-state index contributed by atoms with van der Waals surface area (Å²) < 4.78 is 11.1. The number of nitrogens with one attached hydrogen (secondary N) is 1. The first-order chi connectivity index (χ1) is 12.4. The number of amides is 1.